The largest absolute Gasteiger partial charge is 0.469 e. The van der Waals surface area contributed by atoms with Crippen molar-refractivity contribution in [3.8, 4) is 0 Å². The quantitative estimate of drug-likeness (QED) is 0.817. The Balaban J connectivity index is 1.75. The normalized spacial score (nSPS) is 10.1. The molecule has 1 amide bonds. The number of hydrazine groups is 1. The predicted octanol–water partition coefficient (Wildman–Crippen LogP) is 3.01. The van der Waals surface area contributed by atoms with Crippen LogP contribution in [0.3, 0.4) is 0 Å². The summed E-state index contributed by atoms with van der Waals surface area (Å²) < 4.78 is 5.14. The van der Waals surface area contributed by atoms with Crippen molar-refractivity contribution in [3.05, 3.63) is 53.4 Å². The first-order valence-electron chi connectivity index (χ1n) is 5.57. The molecule has 0 unspecified atom stereocenters. The van der Waals surface area contributed by atoms with Gasteiger partial charge in [-0.05, 0) is 30.3 Å². The van der Waals surface area contributed by atoms with Gasteiger partial charge >= 0.3 is 0 Å². The molecule has 2 N–H and O–H groups in total. The molecule has 1 aromatic carbocycles. The van der Waals surface area contributed by atoms with Gasteiger partial charge in [-0.3, -0.25) is 15.6 Å². The SMILES string of the molecule is O=C(CCc1ccco1)NNc1cccc(Cl)c1. The summed E-state index contributed by atoms with van der Waals surface area (Å²) in [5.74, 6) is 0.694. The Bertz CT molecular complexity index is 511. The maximum Gasteiger partial charge on any atom is 0.238 e. The van der Waals surface area contributed by atoms with Crippen LogP contribution in [0.5, 0.6) is 0 Å². The molecule has 5 heteroatoms. The number of hydrogen-bond acceptors (Lipinski definition) is 3. The number of anilines is 1. The summed E-state index contributed by atoms with van der Waals surface area (Å²) in [4.78, 5) is 11.5. The first kappa shape index (κ1) is 12.5. The van der Waals surface area contributed by atoms with Crippen molar-refractivity contribution in [2.24, 2.45) is 0 Å². The lowest BCUT2D eigenvalue weighted by Crippen LogP contribution is -2.29. The van der Waals surface area contributed by atoms with Gasteiger partial charge in [0.25, 0.3) is 0 Å². The van der Waals surface area contributed by atoms with E-state index in [9.17, 15) is 4.79 Å². The summed E-state index contributed by atoms with van der Waals surface area (Å²) in [5, 5.41) is 0.616. The minimum absolute atomic E-state index is 0.105. The van der Waals surface area contributed by atoms with E-state index in [-0.39, 0.29) is 5.91 Å². The molecule has 4 nitrogen and oxygen atoms in total. The van der Waals surface area contributed by atoms with E-state index in [2.05, 4.69) is 10.9 Å². The first-order valence-corrected chi connectivity index (χ1v) is 5.94. The predicted molar refractivity (Wildman–Crippen MR) is 70.2 cm³/mol. The summed E-state index contributed by atoms with van der Waals surface area (Å²) in [6.45, 7) is 0. The molecule has 18 heavy (non-hydrogen) atoms. The number of carbonyl (C=O) groups is 1. The Morgan fingerprint density at radius 1 is 1.28 bits per heavy atom. The van der Waals surface area contributed by atoms with E-state index in [0.717, 1.165) is 11.4 Å². The van der Waals surface area contributed by atoms with Crippen molar-refractivity contribution < 1.29 is 9.21 Å². The van der Waals surface area contributed by atoms with Crippen LogP contribution in [0, 0.1) is 0 Å². The van der Waals surface area contributed by atoms with Gasteiger partial charge in [0.15, 0.2) is 0 Å². The van der Waals surface area contributed by atoms with E-state index < -0.39 is 0 Å². The van der Waals surface area contributed by atoms with Crippen LogP contribution in [0.4, 0.5) is 5.69 Å². The van der Waals surface area contributed by atoms with Gasteiger partial charge in [0.05, 0.1) is 12.0 Å². The number of carbonyl (C=O) groups excluding carboxylic acids is 1. The minimum Gasteiger partial charge on any atom is -0.469 e. The third-order valence-electron chi connectivity index (χ3n) is 2.35. The maximum atomic E-state index is 11.5. The van der Waals surface area contributed by atoms with Crippen LogP contribution >= 0.6 is 11.6 Å². The molecule has 1 heterocycles. The topological polar surface area (TPSA) is 54.3 Å². The van der Waals surface area contributed by atoms with Crippen molar-refractivity contribution >= 4 is 23.2 Å². The molecule has 0 radical (unpaired) electrons. The van der Waals surface area contributed by atoms with Crippen molar-refractivity contribution in [1.82, 2.24) is 5.43 Å². The van der Waals surface area contributed by atoms with Gasteiger partial charge in [-0.1, -0.05) is 17.7 Å². The van der Waals surface area contributed by atoms with Gasteiger partial charge in [-0.25, -0.2) is 0 Å². The van der Waals surface area contributed by atoms with E-state index in [1.165, 1.54) is 0 Å². The van der Waals surface area contributed by atoms with Crippen LogP contribution in [-0.2, 0) is 11.2 Å². The number of halogens is 1. The lowest BCUT2D eigenvalue weighted by atomic mass is 10.2. The van der Waals surface area contributed by atoms with E-state index in [4.69, 9.17) is 16.0 Å². The average molecular weight is 265 g/mol. The fourth-order valence-corrected chi connectivity index (χ4v) is 1.65. The van der Waals surface area contributed by atoms with Crippen LogP contribution in [-0.4, -0.2) is 5.91 Å². The number of rotatable bonds is 5. The molecule has 0 saturated heterocycles. The Hall–Kier alpha value is -1.94. The molecule has 1 aromatic heterocycles. The van der Waals surface area contributed by atoms with Gasteiger partial charge in [0.2, 0.25) is 5.91 Å². The summed E-state index contributed by atoms with van der Waals surface area (Å²) >= 11 is 5.82. The fraction of sp³-hybridized carbons (Fsp3) is 0.154. The molecular formula is C13H13ClN2O2. The zero-order valence-corrected chi connectivity index (χ0v) is 10.4. The molecule has 0 aliphatic carbocycles. The van der Waals surface area contributed by atoms with Gasteiger partial charge in [0.1, 0.15) is 5.76 Å². The molecule has 2 aromatic rings. The molecule has 0 aliphatic heterocycles. The number of nitrogens with one attached hydrogen (secondary N) is 2. The highest BCUT2D eigenvalue weighted by molar-refractivity contribution is 6.30. The van der Waals surface area contributed by atoms with Crippen LogP contribution in [0.2, 0.25) is 5.02 Å². The second kappa shape index (κ2) is 6.12. The molecule has 0 bridgehead atoms. The molecule has 0 atom stereocenters. The third-order valence-corrected chi connectivity index (χ3v) is 2.58. The second-order valence-corrected chi connectivity index (χ2v) is 4.20. The minimum atomic E-state index is -0.105. The van der Waals surface area contributed by atoms with Crippen molar-refractivity contribution in [2.75, 3.05) is 5.43 Å². The summed E-state index contributed by atoms with van der Waals surface area (Å²) in [5.41, 5.74) is 6.14. The van der Waals surface area contributed by atoms with Gasteiger partial charge in [-0.2, -0.15) is 0 Å². The molecular weight excluding hydrogens is 252 g/mol. The molecule has 94 valence electrons. The number of hydrogen-bond donors (Lipinski definition) is 2. The average Bonchev–Trinajstić information content (AvgIpc) is 2.87. The monoisotopic (exact) mass is 264 g/mol. The summed E-state index contributed by atoms with van der Waals surface area (Å²) in [6, 6.07) is 10.8. The highest BCUT2D eigenvalue weighted by atomic mass is 35.5. The van der Waals surface area contributed by atoms with Gasteiger partial charge in [0, 0.05) is 17.9 Å². The molecule has 0 spiro atoms. The van der Waals surface area contributed by atoms with E-state index in [1.807, 2.05) is 12.1 Å². The summed E-state index contributed by atoms with van der Waals surface area (Å²) in [7, 11) is 0. The number of amides is 1. The maximum absolute atomic E-state index is 11.5. The smallest absolute Gasteiger partial charge is 0.238 e. The first-order chi connectivity index (χ1) is 8.74. The zero-order valence-electron chi connectivity index (χ0n) is 9.65. The highest BCUT2D eigenvalue weighted by Crippen LogP contribution is 2.13. The van der Waals surface area contributed by atoms with Crippen LogP contribution in [0.15, 0.2) is 47.1 Å². The van der Waals surface area contributed by atoms with Gasteiger partial charge in [-0.15, -0.1) is 0 Å². The van der Waals surface area contributed by atoms with Crippen LogP contribution in [0.25, 0.3) is 0 Å². The zero-order chi connectivity index (χ0) is 12.8. The lowest BCUT2D eigenvalue weighted by molar-refractivity contribution is -0.120. The molecule has 0 fully saturated rings. The van der Waals surface area contributed by atoms with E-state index in [0.29, 0.717) is 17.9 Å². The Labute approximate surface area is 110 Å². The Kier molecular flexibility index (Phi) is 4.25. The van der Waals surface area contributed by atoms with Crippen molar-refractivity contribution in [2.45, 2.75) is 12.8 Å². The standard InChI is InChI=1S/C13H13ClN2O2/c14-10-3-1-4-11(9-10)15-16-13(17)7-6-12-5-2-8-18-12/h1-5,8-9,15H,6-7H2,(H,16,17). The molecule has 2 rings (SSSR count). The van der Waals surface area contributed by atoms with Crippen LogP contribution in [0.1, 0.15) is 12.2 Å². The van der Waals surface area contributed by atoms with E-state index in [1.54, 1.807) is 30.5 Å². The van der Waals surface area contributed by atoms with E-state index >= 15 is 0 Å². The Morgan fingerprint density at radius 2 is 2.17 bits per heavy atom. The number of aryl methyl sites for hydroxylation is 1. The molecule has 0 aliphatic rings. The van der Waals surface area contributed by atoms with Gasteiger partial charge < -0.3 is 4.42 Å². The molecule has 0 saturated carbocycles. The van der Waals surface area contributed by atoms with Crippen molar-refractivity contribution in [3.63, 3.8) is 0 Å². The van der Waals surface area contributed by atoms with Crippen LogP contribution < -0.4 is 10.9 Å². The lowest BCUT2D eigenvalue weighted by Gasteiger charge is -2.08. The van der Waals surface area contributed by atoms with Crippen molar-refractivity contribution in [1.29, 1.82) is 0 Å². The number of furan rings is 1. The summed E-state index contributed by atoms with van der Waals surface area (Å²) in [6.07, 6.45) is 2.54. The third kappa shape index (κ3) is 3.82. The highest BCUT2D eigenvalue weighted by Gasteiger charge is 2.03. The number of benzene rings is 1. The second-order valence-electron chi connectivity index (χ2n) is 3.76. The fourth-order valence-electron chi connectivity index (χ4n) is 1.46. The Morgan fingerprint density at radius 3 is 2.89 bits per heavy atom.